The maximum absolute atomic E-state index is 11.6. The lowest BCUT2D eigenvalue weighted by Crippen LogP contribution is -2.24. The first-order valence-corrected chi connectivity index (χ1v) is 6.00. The van der Waals surface area contributed by atoms with Gasteiger partial charge in [-0.1, -0.05) is 38.1 Å². The van der Waals surface area contributed by atoms with E-state index in [0.29, 0.717) is 0 Å². The fourth-order valence-corrected chi connectivity index (χ4v) is 1.60. The molecule has 0 saturated heterocycles. The van der Waals surface area contributed by atoms with Crippen molar-refractivity contribution in [2.24, 2.45) is 0 Å². The minimum absolute atomic E-state index is 0.196. The molecule has 2 N–H and O–H groups in total. The molecule has 0 aliphatic heterocycles. The van der Waals surface area contributed by atoms with Gasteiger partial charge in [-0.15, -0.1) is 0 Å². The Morgan fingerprint density at radius 1 is 1.35 bits per heavy atom. The number of urea groups is 1. The Kier molecular flexibility index (Phi) is 5.27. The molecule has 0 fully saturated rings. The molecule has 0 aliphatic rings. The van der Waals surface area contributed by atoms with Crippen molar-refractivity contribution in [2.75, 3.05) is 5.32 Å². The zero-order valence-electron chi connectivity index (χ0n) is 10.7. The third-order valence-electron chi connectivity index (χ3n) is 2.55. The van der Waals surface area contributed by atoms with Crippen LogP contribution >= 0.6 is 0 Å². The number of amides is 2. The smallest absolute Gasteiger partial charge is 0.315 e. The van der Waals surface area contributed by atoms with E-state index in [9.17, 15) is 4.79 Å². The van der Waals surface area contributed by atoms with Gasteiger partial charge in [-0.2, -0.15) is 0 Å². The highest BCUT2D eigenvalue weighted by Gasteiger charge is 2.06. The van der Waals surface area contributed by atoms with Gasteiger partial charge in [0, 0.05) is 11.9 Å². The van der Waals surface area contributed by atoms with Gasteiger partial charge in [-0.25, -0.2) is 4.79 Å². The molecule has 17 heavy (non-hydrogen) atoms. The number of carbonyl (C=O) groups excluding carboxylic acids is 1. The van der Waals surface area contributed by atoms with Gasteiger partial charge in [-0.3, -0.25) is 0 Å². The minimum Gasteiger partial charge on any atom is -0.315 e. The lowest BCUT2D eigenvalue weighted by Gasteiger charge is -2.12. The monoisotopic (exact) mass is 232 g/mol. The summed E-state index contributed by atoms with van der Waals surface area (Å²) in [5, 5.41) is 5.57. The molecule has 0 spiro atoms. The van der Waals surface area contributed by atoms with Crippen LogP contribution in [-0.4, -0.2) is 6.03 Å². The Morgan fingerprint density at radius 2 is 2.12 bits per heavy atom. The molecule has 2 amide bonds. The van der Waals surface area contributed by atoms with Crippen LogP contribution < -0.4 is 10.6 Å². The summed E-state index contributed by atoms with van der Waals surface area (Å²) in [5.41, 5.74) is 3.15. The van der Waals surface area contributed by atoms with Crippen molar-refractivity contribution in [1.29, 1.82) is 0 Å². The number of nitrogens with one attached hydrogen (secondary N) is 2. The molecule has 0 saturated carbocycles. The highest BCUT2D eigenvalue weighted by Crippen LogP contribution is 2.20. The maximum Gasteiger partial charge on any atom is 0.323 e. The molecular formula is C14H20N2O. The van der Waals surface area contributed by atoms with Crippen LogP contribution in [0.4, 0.5) is 10.5 Å². The Bertz CT molecular complexity index is 411. The Hall–Kier alpha value is -1.77. The predicted octanol–water partition coefficient (Wildman–Crippen LogP) is 3.60. The van der Waals surface area contributed by atoms with Crippen molar-refractivity contribution in [2.45, 2.75) is 33.6 Å². The van der Waals surface area contributed by atoms with Gasteiger partial charge in [0.1, 0.15) is 0 Å². The number of rotatable bonds is 4. The third kappa shape index (κ3) is 3.94. The molecule has 92 valence electrons. The number of hydrogen-bond acceptors (Lipinski definition) is 1. The van der Waals surface area contributed by atoms with Gasteiger partial charge in [0.25, 0.3) is 0 Å². The fraction of sp³-hybridized carbons (Fsp3) is 0.357. The summed E-state index contributed by atoms with van der Waals surface area (Å²) in [6, 6.07) is 5.84. The molecule has 0 atom stereocenters. The van der Waals surface area contributed by atoms with Crippen molar-refractivity contribution in [3.05, 3.63) is 41.6 Å². The molecule has 3 nitrogen and oxygen atoms in total. The summed E-state index contributed by atoms with van der Waals surface area (Å²) in [7, 11) is 0. The van der Waals surface area contributed by atoms with E-state index in [2.05, 4.69) is 17.6 Å². The van der Waals surface area contributed by atoms with Gasteiger partial charge in [-0.05, 0) is 30.9 Å². The van der Waals surface area contributed by atoms with Crippen LogP contribution in [0.5, 0.6) is 0 Å². The second-order valence-corrected chi connectivity index (χ2v) is 3.87. The molecule has 1 aromatic carbocycles. The molecule has 0 radical (unpaired) electrons. The molecular weight excluding hydrogens is 212 g/mol. The SMILES string of the molecule is CC/C=C/NC(=O)Nc1c(C)cccc1CC. The minimum atomic E-state index is -0.196. The molecule has 0 unspecified atom stereocenters. The molecule has 0 aromatic heterocycles. The standard InChI is InChI=1S/C14H20N2O/c1-4-6-10-15-14(17)16-13-11(3)8-7-9-12(13)5-2/h6-10H,4-5H2,1-3H3,(H2,15,16,17)/b10-6+. The van der Waals surface area contributed by atoms with E-state index in [1.165, 1.54) is 0 Å². The first-order chi connectivity index (χ1) is 8.19. The molecule has 0 aliphatic carbocycles. The quantitative estimate of drug-likeness (QED) is 0.818. The summed E-state index contributed by atoms with van der Waals surface area (Å²) in [4.78, 5) is 11.6. The average Bonchev–Trinajstić information content (AvgIpc) is 2.32. The van der Waals surface area contributed by atoms with E-state index in [-0.39, 0.29) is 6.03 Å². The number of anilines is 1. The summed E-state index contributed by atoms with van der Waals surface area (Å²) < 4.78 is 0. The lowest BCUT2D eigenvalue weighted by molar-refractivity contribution is 0.255. The van der Waals surface area contributed by atoms with Crippen LogP contribution in [0.1, 0.15) is 31.4 Å². The van der Waals surface area contributed by atoms with Crippen molar-refractivity contribution in [1.82, 2.24) is 5.32 Å². The van der Waals surface area contributed by atoms with Gasteiger partial charge in [0.2, 0.25) is 0 Å². The number of hydrogen-bond donors (Lipinski definition) is 2. The number of carbonyl (C=O) groups is 1. The molecule has 0 heterocycles. The first kappa shape index (κ1) is 13.3. The third-order valence-corrected chi connectivity index (χ3v) is 2.55. The lowest BCUT2D eigenvalue weighted by atomic mass is 10.1. The van der Waals surface area contributed by atoms with Crippen molar-refractivity contribution >= 4 is 11.7 Å². The van der Waals surface area contributed by atoms with E-state index >= 15 is 0 Å². The van der Waals surface area contributed by atoms with Crippen molar-refractivity contribution < 1.29 is 4.79 Å². The van der Waals surface area contributed by atoms with Crippen LogP contribution in [0.15, 0.2) is 30.5 Å². The van der Waals surface area contributed by atoms with Gasteiger partial charge < -0.3 is 10.6 Å². The van der Waals surface area contributed by atoms with E-state index in [0.717, 1.165) is 29.7 Å². The van der Waals surface area contributed by atoms with Gasteiger partial charge >= 0.3 is 6.03 Å². The number of benzene rings is 1. The predicted molar refractivity (Wildman–Crippen MR) is 72.1 cm³/mol. The highest BCUT2D eigenvalue weighted by molar-refractivity contribution is 5.91. The van der Waals surface area contributed by atoms with E-state index in [1.807, 2.05) is 38.1 Å². The van der Waals surface area contributed by atoms with Crippen LogP contribution in [0, 0.1) is 6.92 Å². The number of allylic oxidation sites excluding steroid dienone is 1. The highest BCUT2D eigenvalue weighted by atomic mass is 16.2. The second-order valence-electron chi connectivity index (χ2n) is 3.87. The van der Waals surface area contributed by atoms with E-state index in [1.54, 1.807) is 6.20 Å². The van der Waals surface area contributed by atoms with Gasteiger partial charge in [0.15, 0.2) is 0 Å². The van der Waals surface area contributed by atoms with Crippen LogP contribution in [0.25, 0.3) is 0 Å². The normalized spacial score (nSPS) is 10.5. The van der Waals surface area contributed by atoms with Gasteiger partial charge in [0.05, 0.1) is 0 Å². The van der Waals surface area contributed by atoms with Crippen LogP contribution in [0.3, 0.4) is 0 Å². The Morgan fingerprint density at radius 3 is 2.76 bits per heavy atom. The molecule has 1 rings (SSSR count). The topological polar surface area (TPSA) is 41.1 Å². The largest absolute Gasteiger partial charge is 0.323 e. The summed E-state index contributed by atoms with van der Waals surface area (Å²) >= 11 is 0. The van der Waals surface area contributed by atoms with Crippen LogP contribution in [0.2, 0.25) is 0 Å². The Labute approximate surface area is 103 Å². The van der Waals surface area contributed by atoms with E-state index in [4.69, 9.17) is 0 Å². The molecule has 0 bridgehead atoms. The second kappa shape index (κ2) is 6.74. The Balaban J connectivity index is 2.73. The first-order valence-electron chi connectivity index (χ1n) is 6.00. The summed E-state index contributed by atoms with van der Waals surface area (Å²) in [6.07, 6.45) is 5.38. The van der Waals surface area contributed by atoms with Crippen molar-refractivity contribution in [3.63, 3.8) is 0 Å². The average molecular weight is 232 g/mol. The number of para-hydroxylation sites is 1. The van der Waals surface area contributed by atoms with Crippen molar-refractivity contribution in [3.8, 4) is 0 Å². The number of aryl methyl sites for hydroxylation is 2. The summed E-state index contributed by atoms with van der Waals surface area (Å²) in [6.45, 7) is 6.10. The van der Waals surface area contributed by atoms with E-state index < -0.39 is 0 Å². The maximum atomic E-state index is 11.6. The summed E-state index contributed by atoms with van der Waals surface area (Å²) in [5.74, 6) is 0. The molecule has 3 heteroatoms. The zero-order chi connectivity index (χ0) is 12.7. The zero-order valence-corrected chi connectivity index (χ0v) is 10.7. The fourth-order valence-electron chi connectivity index (χ4n) is 1.60. The van der Waals surface area contributed by atoms with Crippen LogP contribution in [-0.2, 0) is 6.42 Å². The molecule has 1 aromatic rings.